The van der Waals surface area contributed by atoms with Crippen LogP contribution in [0.5, 0.6) is 0 Å². The molecule has 1 aliphatic rings. The Bertz CT molecular complexity index is 404. The predicted octanol–water partition coefficient (Wildman–Crippen LogP) is 1.06. The van der Waals surface area contributed by atoms with Crippen LogP contribution in [0.3, 0.4) is 0 Å². The molecule has 18 heavy (non-hydrogen) atoms. The summed E-state index contributed by atoms with van der Waals surface area (Å²) in [6, 6.07) is 2.63. The molecule has 0 aromatic carbocycles. The zero-order chi connectivity index (χ0) is 13.1. The van der Waals surface area contributed by atoms with Crippen LogP contribution in [-0.2, 0) is 6.42 Å². The first-order valence-electron chi connectivity index (χ1n) is 6.64. The van der Waals surface area contributed by atoms with Crippen molar-refractivity contribution in [1.82, 2.24) is 15.3 Å². The van der Waals surface area contributed by atoms with Gasteiger partial charge in [-0.05, 0) is 25.8 Å². The summed E-state index contributed by atoms with van der Waals surface area (Å²) in [5.41, 5.74) is 6.85. The average molecular weight is 249 g/mol. The summed E-state index contributed by atoms with van der Waals surface area (Å²) in [6.45, 7) is 6.40. The van der Waals surface area contributed by atoms with Crippen molar-refractivity contribution in [2.45, 2.75) is 32.7 Å². The van der Waals surface area contributed by atoms with Crippen molar-refractivity contribution >= 4 is 11.8 Å². The molecule has 0 aliphatic carbocycles. The number of nitrogens with zero attached hydrogens (tertiary/aromatic N) is 3. The molecule has 1 fully saturated rings. The van der Waals surface area contributed by atoms with Gasteiger partial charge in [-0.1, -0.05) is 13.8 Å². The molecule has 0 bridgehead atoms. The molecule has 1 atom stereocenters. The van der Waals surface area contributed by atoms with Crippen LogP contribution in [0.2, 0.25) is 0 Å². The monoisotopic (exact) mass is 249 g/mol. The van der Waals surface area contributed by atoms with Gasteiger partial charge in [0.15, 0.2) is 0 Å². The molecule has 0 saturated carbocycles. The molecule has 5 heteroatoms. The van der Waals surface area contributed by atoms with E-state index in [0.29, 0.717) is 17.9 Å². The molecule has 5 nitrogen and oxygen atoms in total. The maximum Gasteiger partial charge on any atom is 0.222 e. The minimum absolute atomic E-state index is 0.385. The van der Waals surface area contributed by atoms with Gasteiger partial charge >= 0.3 is 0 Å². The van der Waals surface area contributed by atoms with Crippen LogP contribution in [0, 0.1) is 5.92 Å². The summed E-state index contributed by atoms with van der Waals surface area (Å²) in [5.74, 6) is 1.93. The number of anilines is 2. The van der Waals surface area contributed by atoms with Crippen molar-refractivity contribution in [2.24, 2.45) is 5.92 Å². The van der Waals surface area contributed by atoms with Crippen molar-refractivity contribution in [2.75, 3.05) is 30.8 Å². The summed E-state index contributed by atoms with van der Waals surface area (Å²) < 4.78 is 0. The topological polar surface area (TPSA) is 67.1 Å². The molecule has 1 aromatic rings. The van der Waals surface area contributed by atoms with Crippen molar-refractivity contribution in [3.05, 3.63) is 11.8 Å². The van der Waals surface area contributed by atoms with E-state index < -0.39 is 0 Å². The number of hydrogen-bond acceptors (Lipinski definition) is 5. The lowest BCUT2D eigenvalue weighted by Gasteiger charge is -2.18. The Hall–Kier alpha value is -1.36. The largest absolute Gasteiger partial charge is 0.368 e. The second-order valence-corrected chi connectivity index (χ2v) is 5.39. The molecule has 0 spiro atoms. The van der Waals surface area contributed by atoms with E-state index >= 15 is 0 Å². The van der Waals surface area contributed by atoms with Gasteiger partial charge in [-0.3, -0.25) is 0 Å². The van der Waals surface area contributed by atoms with E-state index in [2.05, 4.69) is 40.1 Å². The van der Waals surface area contributed by atoms with E-state index in [4.69, 9.17) is 5.73 Å². The van der Waals surface area contributed by atoms with E-state index in [1.807, 2.05) is 7.05 Å². The van der Waals surface area contributed by atoms with Gasteiger partial charge in [0.2, 0.25) is 5.95 Å². The molecule has 0 radical (unpaired) electrons. The summed E-state index contributed by atoms with van der Waals surface area (Å²) in [6.07, 6.45) is 2.10. The lowest BCUT2D eigenvalue weighted by molar-refractivity contribution is 0.616. The molecular weight excluding hydrogens is 226 g/mol. The van der Waals surface area contributed by atoms with Gasteiger partial charge in [0.25, 0.3) is 0 Å². The second-order valence-electron chi connectivity index (χ2n) is 5.39. The Morgan fingerprint density at radius 2 is 2.28 bits per heavy atom. The summed E-state index contributed by atoms with van der Waals surface area (Å²) in [5, 5.41) is 3.31. The van der Waals surface area contributed by atoms with Crippen LogP contribution >= 0.6 is 0 Å². The summed E-state index contributed by atoms with van der Waals surface area (Å²) in [4.78, 5) is 10.9. The highest BCUT2D eigenvalue weighted by Crippen LogP contribution is 2.20. The fraction of sp³-hybridized carbons (Fsp3) is 0.692. The highest BCUT2D eigenvalue weighted by molar-refractivity contribution is 5.44. The van der Waals surface area contributed by atoms with Crippen molar-refractivity contribution in [3.8, 4) is 0 Å². The fourth-order valence-electron chi connectivity index (χ4n) is 2.39. The number of rotatable bonds is 4. The Morgan fingerprint density at radius 3 is 2.89 bits per heavy atom. The number of nitrogens with one attached hydrogen (secondary N) is 1. The third-order valence-electron chi connectivity index (χ3n) is 3.32. The van der Waals surface area contributed by atoms with E-state index in [1.165, 1.54) is 0 Å². The maximum atomic E-state index is 5.81. The lowest BCUT2D eigenvalue weighted by atomic mass is 10.1. The Kier molecular flexibility index (Phi) is 4.01. The van der Waals surface area contributed by atoms with Crippen LogP contribution in [0.15, 0.2) is 6.07 Å². The molecule has 1 unspecified atom stereocenters. The van der Waals surface area contributed by atoms with Crippen LogP contribution in [0.4, 0.5) is 11.8 Å². The highest BCUT2D eigenvalue weighted by atomic mass is 15.2. The third kappa shape index (κ3) is 3.10. The van der Waals surface area contributed by atoms with E-state index in [9.17, 15) is 0 Å². The Balaban J connectivity index is 2.15. The molecule has 1 saturated heterocycles. The molecule has 100 valence electrons. The molecular formula is C13H23N5. The zero-order valence-electron chi connectivity index (χ0n) is 11.5. The van der Waals surface area contributed by atoms with Gasteiger partial charge < -0.3 is 16.0 Å². The first-order valence-corrected chi connectivity index (χ1v) is 6.64. The number of hydrogen-bond donors (Lipinski definition) is 2. The van der Waals surface area contributed by atoms with Gasteiger partial charge in [0.05, 0.1) is 0 Å². The van der Waals surface area contributed by atoms with Crippen molar-refractivity contribution < 1.29 is 0 Å². The molecule has 3 N–H and O–H groups in total. The zero-order valence-corrected chi connectivity index (χ0v) is 11.5. The smallest absolute Gasteiger partial charge is 0.222 e. The minimum Gasteiger partial charge on any atom is -0.368 e. The number of nitrogen functional groups attached to an aromatic ring is 1. The normalized spacial score (nSPS) is 19.8. The molecule has 1 aromatic heterocycles. The first-order chi connectivity index (χ1) is 8.58. The SMILES string of the molecule is CNC1CCN(c2cc(CC(C)C)nc(N)n2)C1. The number of aromatic nitrogens is 2. The summed E-state index contributed by atoms with van der Waals surface area (Å²) >= 11 is 0. The van der Waals surface area contributed by atoms with Crippen LogP contribution in [-0.4, -0.2) is 36.1 Å². The summed E-state index contributed by atoms with van der Waals surface area (Å²) in [7, 11) is 2.01. The predicted molar refractivity (Wildman–Crippen MR) is 74.7 cm³/mol. The standard InChI is InChI=1S/C13H23N5/c1-9(2)6-11-7-12(17-13(14)16-11)18-5-4-10(8-18)15-3/h7,9-10,15H,4-6,8H2,1-3H3,(H2,14,16,17). The third-order valence-corrected chi connectivity index (χ3v) is 3.32. The van der Waals surface area contributed by atoms with Crippen LogP contribution in [0.25, 0.3) is 0 Å². The van der Waals surface area contributed by atoms with Crippen molar-refractivity contribution in [1.29, 1.82) is 0 Å². The Morgan fingerprint density at radius 1 is 1.50 bits per heavy atom. The highest BCUT2D eigenvalue weighted by Gasteiger charge is 2.22. The van der Waals surface area contributed by atoms with Gasteiger partial charge in [0.1, 0.15) is 5.82 Å². The molecule has 1 aliphatic heterocycles. The van der Waals surface area contributed by atoms with Crippen LogP contribution < -0.4 is 16.0 Å². The maximum absolute atomic E-state index is 5.81. The average Bonchev–Trinajstić information content (AvgIpc) is 2.75. The fourth-order valence-corrected chi connectivity index (χ4v) is 2.39. The molecule has 2 rings (SSSR count). The minimum atomic E-state index is 0.385. The van der Waals surface area contributed by atoms with E-state index in [-0.39, 0.29) is 0 Å². The van der Waals surface area contributed by atoms with Gasteiger partial charge in [-0.25, -0.2) is 4.98 Å². The first kappa shape index (κ1) is 13.1. The van der Waals surface area contributed by atoms with Gasteiger partial charge in [-0.15, -0.1) is 0 Å². The number of nitrogens with two attached hydrogens (primary N) is 1. The molecule has 2 heterocycles. The number of likely N-dealkylation sites (N-methyl/N-ethyl adjacent to an activating group) is 1. The van der Waals surface area contributed by atoms with E-state index in [0.717, 1.165) is 37.4 Å². The van der Waals surface area contributed by atoms with Gasteiger partial charge in [0, 0.05) is 30.9 Å². The second kappa shape index (κ2) is 5.52. The van der Waals surface area contributed by atoms with Crippen molar-refractivity contribution in [3.63, 3.8) is 0 Å². The quantitative estimate of drug-likeness (QED) is 0.835. The van der Waals surface area contributed by atoms with Crippen LogP contribution in [0.1, 0.15) is 26.0 Å². The molecule has 0 amide bonds. The van der Waals surface area contributed by atoms with E-state index in [1.54, 1.807) is 0 Å². The Labute approximate surface area is 109 Å². The van der Waals surface area contributed by atoms with Gasteiger partial charge in [-0.2, -0.15) is 4.98 Å². The lowest BCUT2D eigenvalue weighted by Crippen LogP contribution is -2.30.